The van der Waals surface area contributed by atoms with Crippen molar-refractivity contribution in [3.63, 3.8) is 0 Å². The number of nitrogens with one attached hydrogen (secondary N) is 1. The number of hydrogen-bond donors (Lipinski definition) is 2. The lowest BCUT2D eigenvalue weighted by atomic mass is 10.1. The summed E-state index contributed by atoms with van der Waals surface area (Å²) in [4.78, 5) is 12.4. The van der Waals surface area contributed by atoms with E-state index in [2.05, 4.69) is 12.2 Å². The molecular weight excluding hydrogens is 264 g/mol. The summed E-state index contributed by atoms with van der Waals surface area (Å²) >= 11 is 0. The van der Waals surface area contributed by atoms with Crippen molar-refractivity contribution in [2.75, 3.05) is 18.2 Å². The van der Waals surface area contributed by atoms with Gasteiger partial charge in [-0.2, -0.15) is 0 Å². The fourth-order valence-electron chi connectivity index (χ4n) is 2.20. The molecule has 2 aromatic carbocycles. The lowest BCUT2D eigenvalue weighted by Gasteiger charge is -2.11. The van der Waals surface area contributed by atoms with Crippen LogP contribution in [0, 0.1) is 0 Å². The Morgan fingerprint density at radius 1 is 1.24 bits per heavy atom. The van der Waals surface area contributed by atoms with Crippen LogP contribution >= 0.6 is 0 Å². The maximum Gasteiger partial charge on any atom is 0.255 e. The molecule has 0 fully saturated rings. The van der Waals surface area contributed by atoms with Crippen LogP contribution in [0.4, 0.5) is 11.4 Å². The zero-order chi connectivity index (χ0) is 15.2. The van der Waals surface area contributed by atoms with E-state index < -0.39 is 0 Å². The number of aryl methyl sites for hydroxylation is 1. The van der Waals surface area contributed by atoms with E-state index in [-0.39, 0.29) is 5.91 Å². The van der Waals surface area contributed by atoms with E-state index in [1.54, 1.807) is 25.3 Å². The molecule has 0 radical (unpaired) electrons. The minimum Gasteiger partial charge on any atom is -0.497 e. The Morgan fingerprint density at radius 2 is 2.00 bits per heavy atom. The van der Waals surface area contributed by atoms with E-state index in [4.69, 9.17) is 10.5 Å². The topological polar surface area (TPSA) is 64.4 Å². The molecule has 2 aromatic rings. The van der Waals surface area contributed by atoms with Gasteiger partial charge < -0.3 is 15.8 Å². The smallest absolute Gasteiger partial charge is 0.255 e. The van der Waals surface area contributed by atoms with Crippen molar-refractivity contribution in [3.8, 4) is 5.75 Å². The third kappa shape index (κ3) is 3.75. The summed E-state index contributed by atoms with van der Waals surface area (Å²) in [7, 11) is 1.55. The van der Waals surface area contributed by atoms with Gasteiger partial charge in [-0.05, 0) is 30.2 Å². The third-order valence-corrected chi connectivity index (χ3v) is 3.21. The van der Waals surface area contributed by atoms with Gasteiger partial charge in [0, 0.05) is 23.0 Å². The van der Waals surface area contributed by atoms with E-state index >= 15 is 0 Å². The summed E-state index contributed by atoms with van der Waals surface area (Å²) in [6, 6.07) is 12.8. The van der Waals surface area contributed by atoms with Crippen molar-refractivity contribution < 1.29 is 9.53 Å². The van der Waals surface area contributed by atoms with Gasteiger partial charge in [0.05, 0.1) is 7.11 Å². The van der Waals surface area contributed by atoms with Crippen LogP contribution in [0.1, 0.15) is 29.3 Å². The molecule has 0 saturated heterocycles. The molecule has 0 atom stereocenters. The maximum absolute atomic E-state index is 12.4. The van der Waals surface area contributed by atoms with Crippen LogP contribution in [0.3, 0.4) is 0 Å². The summed E-state index contributed by atoms with van der Waals surface area (Å²) in [6.45, 7) is 2.11. The van der Waals surface area contributed by atoms with Gasteiger partial charge in [-0.1, -0.05) is 31.5 Å². The number of para-hydroxylation sites is 1. The van der Waals surface area contributed by atoms with E-state index in [9.17, 15) is 4.79 Å². The highest BCUT2D eigenvalue weighted by molar-refractivity contribution is 6.05. The van der Waals surface area contributed by atoms with Crippen molar-refractivity contribution in [3.05, 3.63) is 53.6 Å². The first-order valence-electron chi connectivity index (χ1n) is 6.98. The Labute approximate surface area is 124 Å². The number of amides is 1. The molecule has 1 amide bonds. The molecule has 0 aliphatic rings. The quantitative estimate of drug-likeness (QED) is 0.826. The average molecular weight is 284 g/mol. The Morgan fingerprint density at radius 3 is 2.71 bits per heavy atom. The van der Waals surface area contributed by atoms with Crippen molar-refractivity contribution in [2.45, 2.75) is 19.8 Å². The Hall–Kier alpha value is -2.49. The van der Waals surface area contributed by atoms with Crippen molar-refractivity contribution >= 4 is 17.3 Å². The molecule has 0 saturated carbocycles. The van der Waals surface area contributed by atoms with Gasteiger partial charge >= 0.3 is 0 Å². The van der Waals surface area contributed by atoms with Crippen LogP contribution in [0.2, 0.25) is 0 Å². The summed E-state index contributed by atoms with van der Waals surface area (Å²) < 4.78 is 5.14. The zero-order valence-corrected chi connectivity index (χ0v) is 12.3. The SMILES string of the molecule is CCCc1ccccc1NC(=O)c1cc(N)cc(OC)c1. The number of carbonyl (C=O) groups excluding carboxylic acids is 1. The number of hydrogen-bond acceptors (Lipinski definition) is 3. The van der Waals surface area contributed by atoms with E-state index in [0.717, 1.165) is 24.1 Å². The largest absolute Gasteiger partial charge is 0.497 e. The second-order valence-corrected chi connectivity index (χ2v) is 4.86. The van der Waals surface area contributed by atoms with Crippen LogP contribution in [-0.4, -0.2) is 13.0 Å². The molecular formula is C17H20N2O2. The minimum absolute atomic E-state index is 0.191. The summed E-state index contributed by atoms with van der Waals surface area (Å²) in [5, 5.41) is 2.94. The zero-order valence-electron chi connectivity index (χ0n) is 12.3. The highest BCUT2D eigenvalue weighted by Gasteiger charge is 2.10. The lowest BCUT2D eigenvalue weighted by Crippen LogP contribution is -2.13. The van der Waals surface area contributed by atoms with Crippen molar-refractivity contribution in [1.82, 2.24) is 0 Å². The molecule has 110 valence electrons. The van der Waals surface area contributed by atoms with Crippen molar-refractivity contribution in [2.24, 2.45) is 0 Å². The number of methoxy groups -OCH3 is 1. The molecule has 0 aromatic heterocycles. The highest BCUT2D eigenvalue weighted by atomic mass is 16.5. The van der Waals surface area contributed by atoms with Gasteiger partial charge in [0.25, 0.3) is 5.91 Å². The molecule has 0 spiro atoms. The van der Waals surface area contributed by atoms with Crippen LogP contribution in [0.25, 0.3) is 0 Å². The minimum atomic E-state index is -0.191. The molecule has 2 rings (SSSR count). The van der Waals surface area contributed by atoms with Crippen LogP contribution in [-0.2, 0) is 6.42 Å². The lowest BCUT2D eigenvalue weighted by molar-refractivity contribution is 0.102. The van der Waals surface area contributed by atoms with E-state index in [0.29, 0.717) is 17.0 Å². The predicted octanol–water partition coefficient (Wildman–Crippen LogP) is 3.48. The number of nitrogen functional groups attached to an aromatic ring is 1. The van der Waals surface area contributed by atoms with Crippen LogP contribution in [0.5, 0.6) is 5.75 Å². The first-order valence-corrected chi connectivity index (χ1v) is 6.98. The molecule has 0 aliphatic heterocycles. The average Bonchev–Trinajstić information content (AvgIpc) is 2.48. The first kappa shape index (κ1) is 14.9. The summed E-state index contributed by atoms with van der Waals surface area (Å²) in [5.74, 6) is 0.381. The number of rotatable bonds is 5. The normalized spacial score (nSPS) is 10.2. The molecule has 0 unspecified atom stereocenters. The molecule has 3 N–H and O–H groups in total. The fourth-order valence-corrected chi connectivity index (χ4v) is 2.20. The molecule has 0 aliphatic carbocycles. The number of benzene rings is 2. The fraction of sp³-hybridized carbons (Fsp3) is 0.235. The van der Waals surface area contributed by atoms with Gasteiger partial charge in [-0.3, -0.25) is 4.79 Å². The number of ether oxygens (including phenoxy) is 1. The number of anilines is 2. The summed E-state index contributed by atoms with van der Waals surface area (Å²) in [6.07, 6.45) is 1.95. The van der Waals surface area contributed by atoms with Gasteiger partial charge in [0.1, 0.15) is 5.75 Å². The van der Waals surface area contributed by atoms with E-state index in [1.165, 1.54) is 0 Å². The van der Waals surface area contributed by atoms with E-state index in [1.807, 2.05) is 24.3 Å². The Balaban J connectivity index is 2.24. The standard InChI is InChI=1S/C17H20N2O2/c1-3-6-12-7-4-5-8-16(12)19-17(20)13-9-14(18)11-15(10-13)21-2/h4-5,7-11H,3,6,18H2,1-2H3,(H,19,20). The maximum atomic E-state index is 12.4. The predicted molar refractivity (Wildman–Crippen MR) is 85.8 cm³/mol. The monoisotopic (exact) mass is 284 g/mol. The molecule has 0 bridgehead atoms. The van der Waals surface area contributed by atoms with Gasteiger partial charge in [-0.25, -0.2) is 0 Å². The number of carbonyl (C=O) groups is 1. The molecule has 0 heterocycles. The van der Waals surface area contributed by atoms with Gasteiger partial charge in [-0.15, -0.1) is 0 Å². The first-order chi connectivity index (χ1) is 10.1. The molecule has 21 heavy (non-hydrogen) atoms. The number of nitrogens with two attached hydrogens (primary N) is 1. The van der Waals surface area contributed by atoms with Gasteiger partial charge in [0.2, 0.25) is 0 Å². The van der Waals surface area contributed by atoms with Crippen LogP contribution < -0.4 is 15.8 Å². The van der Waals surface area contributed by atoms with Gasteiger partial charge in [0.15, 0.2) is 0 Å². The summed E-state index contributed by atoms with van der Waals surface area (Å²) in [5.41, 5.74) is 8.74. The molecule has 4 heteroatoms. The third-order valence-electron chi connectivity index (χ3n) is 3.21. The van der Waals surface area contributed by atoms with Crippen molar-refractivity contribution in [1.29, 1.82) is 0 Å². The Bertz CT molecular complexity index is 638. The Kier molecular flexibility index (Phi) is 4.82. The second kappa shape index (κ2) is 6.79. The second-order valence-electron chi connectivity index (χ2n) is 4.86. The highest BCUT2D eigenvalue weighted by Crippen LogP contribution is 2.21. The molecule has 4 nitrogen and oxygen atoms in total. The van der Waals surface area contributed by atoms with Crippen LogP contribution in [0.15, 0.2) is 42.5 Å².